The van der Waals surface area contributed by atoms with Crippen LogP contribution in [0.15, 0.2) is 71.5 Å². The predicted octanol–water partition coefficient (Wildman–Crippen LogP) is 4.90. The van der Waals surface area contributed by atoms with Crippen molar-refractivity contribution in [2.75, 3.05) is 6.61 Å². The van der Waals surface area contributed by atoms with Crippen LogP contribution in [0, 0.1) is 0 Å². The number of ether oxygens (including phenoxy) is 1. The number of halogens is 1. The molecule has 0 saturated carbocycles. The molecule has 1 heterocycles. The maximum absolute atomic E-state index is 12.5. The zero-order valence-electron chi connectivity index (χ0n) is 15.9. The fourth-order valence-electron chi connectivity index (χ4n) is 3.85. The van der Waals surface area contributed by atoms with Crippen LogP contribution < -0.4 is 5.32 Å². The predicted molar refractivity (Wildman–Crippen MR) is 115 cm³/mol. The van der Waals surface area contributed by atoms with Crippen LogP contribution in [0.4, 0.5) is 4.79 Å². The average molecular weight is 467 g/mol. The topological polar surface area (TPSA) is 88.5 Å². The van der Waals surface area contributed by atoms with E-state index in [4.69, 9.17) is 4.74 Å². The number of hydrogen-bond acceptors (Lipinski definition) is 4. The van der Waals surface area contributed by atoms with Crippen LogP contribution in [0.2, 0.25) is 0 Å². The first-order valence-corrected chi connectivity index (χ1v) is 10.3. The van der Waals surface area contributed by atoms with E-state index in [9.17, 15) is 14.7 Å². The normalized spacial score (nSPS) is 13.2. The van der Waals surface area contributed by atoms with Gasteiger partial charge in [0, 0.05) is 17.7 Å². The molecule has 0 aliphatic heterocycles. The van der Waals surface area contributed by atoms with E-state index in [2.05, 4.69) is 38.4 Å². The third-order valence-electron chi connectivity index (χ3n) is 5.18. The van der Waals surface area contributed by atoms with Gasteiger partial charge in [-0.05, 0) is 44.3 Å². The summed E-state index contributed by atoms with van der Waals surface area (Å²) in [5.74, 6) is -1.10. The summed E-state index contributed by atoms with van der Waals surface area (Å²) in [6, 6.07) is 18.8. The number of nitrogens with one attached hydrogen (secondary N) is 1. The highest BCUT2D eigenvalue weighted by Crippen LogP contribution is 2.44. The van der Waals surface area contributed by atoms with Gasteiger partial charge in [0.1, 0.15) is 11.2 Å². The van der Waals surface area contributed by atoms with Crippen LogP contribution >= 0.6 is 15.9 Å². The molecule has 0 unspecified atom stereocenters. The molecule has 0 fully saturated rings. The molecule has 6 nitrogen and oxygen atoms in total. The molecule has 1 atom stereocenters. The second-order valence-corrected chi connectivity index (χ2v) is 7.75. The molecule has 0 saturated heterocycles. The Morgan fingerprint density at radius 3 is 2.27 bits per heavy atom. The summed E-state index contributed by atoms with van der Waals surface area (Å²) in [5.41, 5.74) is 5.09. The van der Waals surface area contributed by atoms with Crippen LogP contribution in [-0.2, 0) is 9.53 Å². The molecule has 1 aliphatic carbocycles. The molecule has 1 aliphatic rings. The fourth-order valence-corrected chi connectivity index (χ4v) is 4.38. The van der Waals surface area contributed by atoms with Crippen LogP contribution in [0.1, 0.15) is 35.1 Å². The van der Waals surface area contributed by atoms with Crippen molar-refractivity contribution >= 4 is 28.0 Å². The van der Waals surface area contributed by atoms with E-state index >= 15 is 0 Å². The van der Waals surface area contributed by atoms with E-state index in [0.717, 1.165) is 22.3 Å². The minimum Gasteiger partial charge on any atom is -0.481 e. The highest BCUT2D eigenvalue weighted by molar-refractivity contribution is 9.10. The minimum absolute atomic E-state index is 0.0637. The summed E-state index contributed by atoms with van der Waals surface area (Å²) in [7, 11) is 0. The van der Waals surface area contributed by atoms with Crippen LogP contribution in [0.3, 0.4) is 0 Å². The van der Waals surface area contributed by atoms with Crippen molar-refractivity contribution in [3.63, 3.8) is 0 Å². The molecule has 0 spiro atoms. The number of aliphatic carboxylic acids is 1. The number of amides is 1. The first-order chi connectivity index (χ1) is 14.5. The van der Waals surface area contributed by atoms with Gasteiger partial charge in [-0.15, -0.1) is 0 Å². The van der Waals surface area contributed by atoms with Gasteiger partial charge in [0.25, 0.3) is 0 Å². The van der Waals surface area contributed by atoms with Crippen molar-refractivity contribution in [3.05, 3.63) is 88.2 Å². The molecule has 152 valence electrons. The second-order valence-electron chi connectivity index (χ2n) is 7.00. The van der Waals surface area contributed by atoms with Gasteiger partial charge in [0.2, 0.25) is 0 Å². The summed E-state index contributed by atoms with van der Waals surface area (Å²) >= 11 is 3.31. The number of alkyl carbamates (subject to hydrolysis) is 1. The lowest BCUT2D eigenvalue weighted by Crippen LogP contribution is -2.32. The first kappa shape index (κ1) is 20.1. The van der Waals surface area contributed by atoms with Crippen LogP contribution in [-0.4, -0.2) is 28.8 Å². The summed E-state index contributed by atoms with van der Waals surface area (Å²) in [5, 5.41) is 11.9. The number of carbonyl (C=O) groups is 2. The number of carbonyl (C=O) groups excluding carboxylic acids is 1. The number of aromatic nitrogens is 1. The number of carboxylic acid groups (broad SMARTS) is 1. The number of nitrogens with zero attached hydrogens (tertiary/aromatic N) is 1. The van der Waals surface area contributed by atoms with Crippen LogP contribution in [0.25, 0.3) is 11.1 Å². The molecule has 2 N–H and O–H groups in total. The standard InChI is InChI=1S/C23H19BrN2O4/c24-22-18(10-5-11-25-22)20(12-21(27)28)26-23(29)30-13-19-16-8-3-1-6-14(16)15-7-2-4-9-17(15)19/h1-11,19-20H,12-13H2,(H,26,29)(H,27,28)/t20-/m0/s1. The quantitative estimate of drug-likeness (QED) is 0.504. The van der Waals surface area contributed by atoms with E-state index in [-0.39, 0.29) is 18.9 Å². The van der Waals surface area contributed by atoms with Gasteiger partial charge in [-0.25, -0.2) is 9.78 Å². The number of hydrogen-bond donors (Lipinski definition) is 2. The largest absolute Gasteiger partial charge is 0.481 e. The zero-order chi connectivity index (χ0) is 21.1. The number of rotatable bonds is 6. The lowest BCUT2D eigenvalue weighted by molar-refractivity contribution is -0.137. The summed E-state index contributed by atoms with van der Waals surface area (Å²) in [6.07, 6.45) is 0.631. The van der Waals surface area contributed by atoms with E-state index in [0.29, 0.717) is 10.2 Å². The summed E-state index contributed by atoms with van der Waals surface area (Å²) < 4.78 is 6.02. The van der Waals surface area contributed by atoms with Gasteiger partial charge in [-0.3, -0.25) is 4.79 Å². The molecular formula is C23H19BrN2O4. The molecular weight excluding hydrogens is 448 g/mol. The Kier molecular flexibility index (Phi) is 5.81. The van der Waals surface area contributed by atoms with Crippen molar-refractivity contribution in [3.8, 4) is 11.1 Å². The highest BCUT2D eigenvalue weighted by atomic mass is 79.9. The Hall–Kier alpha value is -3.19. The number of carboxylic acids is 1. The van der Waals surface area contributed by atoms with Crippen molar-refractivity contribution in [2.45, 2.75) is 18.4 Å². The van der Waals surface area contributed by atoms with E-state index in [1.807, 2.05) is 36.4 Å². The molecule has 3 aromatic rings. The van der Waals surface area contributed by atoms with Gasteiger partial charge in [0.15, 0.2) is 0 Å². The summed E-state index contributed by atoms with van der Waals surface area (Å²) in [6.45, 7) is 0.161. The molecule has 4 rings (SSSR count). The summed E-state index contributed by atoms with van der Waals surface area (Å²) in [4.78, 5) is 27.9. The number of pyridine rings is 1. The smallest absolute Gasteiger partial charge is 0.407 e. The monoisotopic (exact) mass is 466 g/mol. The SMILES string of the molecule is O=C(O)C[C@H](NC(=O)OCC1c2ccccc2-c2ccccc21)c1cccnc1Br. The molecule has 1 amide bonds. The van der Waals surface area contributed by atoms with E-state index < -0.39 is 18.1 Å². The van der Waals surface area contributed by atoms with Crippen LogP contribution in [0.5, 0.6) is 0 Å². The molecule has 0 radical (unpaired) electrons. The van der Waals surface area contributed by atoms with E-state index in [1.165, 1.54) is 0 Å². The Labute approximate surface area is 182 Å². The Morgan fingerprint density at radius 2 is 1.67 bits per heavy atom. The average Bonchev–Trinajstić information content (AvgIpc) is 3.06. The zero-order valence-corrected chi connectivity index (χ0v) is 17.5. The minimum atomic E-state index is -1.03. The Bertz CT molecular complexity index is 1060. The highest BCUT2D eigenvalue weighted by Gasteiger charge is 2.29. The van der Waals surface area contributed by atoms with Crippen molar-refractivity contribution in [1.29, 1.82) is 0 Å². The third kappa shape index (κ3) is 4.07. The van der Waals surface area contributed by atoms with Gasteiger partial charge in [-0.1, -0.05) is 54.6 Å². The Morgan fingerprint density at radius 1 is 1.03 bits per heavy atom. The van der Waals surface area contributed by atoms with Crippen molar-refractivity contribution < 1.29 is 19.4 Å². The molecule has 1 aromatic heterocycles. The molecule has 0 bridgehead atoms. The lowest BCUT2D eigenvalue weighted by Gasteiger charge is -2.19. The van der Waals surface area contributed by atoms with Gasteiger partial charge in [-0.2, -0.15) is 0 Å². The van der Waals surface area contributed by atoms with Gasteiger partial charge < -0.3 is 15.2 Å². The molecule has 7 heteroatoms. The van der Waals surface area contributed by atoms with Gasteiger partial charge in [0.05, 0.1) is 12.5 Å². The van der Waals surface area contributed by atoms with E-state index in [1.54, 1.807) is 18.3 Å². The van der Waals surface area contributed by atoms with Crippen molar-refractivity contribution in [1.82, 2.24) is 10.3 Å². The molecule has 30 heavy (non-hydrogen) atoms. The second kappa shape index (κ2) is 8.67. The third-order valence-corrected chi connectivity index (χ3v) is 5.84. The maximum Gasteiger partial charge on any atom is 0.407 e. The Balaban J connectivity index is 1.49. The van der Waals surface area contributed by atoms with Gasteiger partial charge >= 0.3 is 12.1 Å². The number of fused-ring (bicyclic) bond motifs is 3. The maximum atomic E-state index is 12.5. The molecule has 2 aromatic carbocycles. The number of benzene rings is 2. The fraction of sp³-hybridized carbons (Fsp3) is 0.174. The first-order valence-electron chi connectivity index (χ1n) is 9.48. The lowest BCUT2D eigenvalue weighted by atomic mass is 9.98. The van der Waals surface area contributed by atoms with Crippen molar-refractivity contribution in [2.24, 2.45) is 0 Å².